The number of carbonyl (C=O) groups is 1. The zero-order chi connectivity index (χ0) is 16.2. The summed E-state index contributed by atoms with van der Waals surface area (Å²) >= 11 is 0. The van der Waals surface area contributed by atoms with Gasteiger partial charge in [0.25, 0.3) is 0 Å². The highest BCUT2D eigenvalue weighted by Crippen LogP contribution is 2.04. The molecule has 1 amide bonds. The SMILES string of the molecule is CCNC(=NCc1ccc(C)cc1)NCC(=O)NCCOC.I. The van der Waals surface area contributed by atoms with Crippen molar-refractivity contribution in [2.24, 2.45) is 4.99 Å². The zero-order valence-electron chi connectivity index (χ0n) is 14.0. The molecule has 0 aliphatic rings. The van der Waals surface area contributed by atoms with Crippen molar-refractivity contribution in [3.05, 3.63) is 35.4 Å². The maximum absolute atomic E-state index is 11.6. The van der Waals surface area contributed by atoms with Crippen molar-refractivity contribution in [2.75, 3.05) is 33.4 Å². The summed E-state index contributed by atoms with van der Waals surface area (Å²) in [7, 11) is 1.60. The average molecular weight is 434 g/mol. The Morgan fingerprint density at radius 1 is 1.17 bits per heavy atom. The molecule has 1 rings (SSSR count). The molecule has 1 aromatic rings. The van der Waals surface area contributed by atoms with Gasteiger partial charge in [0, 0.05) is 20.2 Å². The average Bonchev–Trinajstić information content (AvgIpc) is 2.52. The summed E-state index contributed by atoms with van der Waals surface area (Å²) in [5.74, 6) is 0.544. The Bertz CT molecular complexity index is 477. The van der Waals surface area contributed by atoms with Crippen LogP contribution in [0.3, 0.4) is 0 Å². The molecule has 130 valence electrons. The highest BCUT2D eigenvalue weighted by Gasteiger charge is 2.03. The van der Waals surface area contributed by atoms with Crippen LogP contribution in [0.25, 0.3) is 0 Å². The molecule has 1 aromatic carbocycles. The molecule has 0 fully saturated rings. The number of rotatable bonds is 8. The second-order valence-electron chi connectivity index (χ2n) is 4.88. The van der Waals surface area contributed by atoms with E-state index in [0.29, 0.717) is 25.7 Å². The van der Waals surface area contributed by atoms with E-state index < -0.39 is 0 Å². The predicted octanol–water partition coefficient (Wildman–Crippen LogP) is 1.43. The Morgan fingerprint density at radius 3 is 2.48 bits per heavy atom. The van der Waals surface area contributed by atoms with E-state index >= 15 is 0 Å². The van der Waals surface area contributed by atoms with Gasteiger partial charge in [-0.05, 0) is 19.4 Å². The first kappa shape index (κ1) is 21.6. The van der Waals surface area contributed by atoms with E-state index in [1.807, 2.05) is 6.92 Å². The lowest BCUT2D eigenvalue weighted by molar-refractivity contribution is -0.120. The monoisotopic (exact) mass is 434 g/mol. The number of ether oxygens (including phenoxy) is 1. The lowest BCUT2D eigenvalue weighted by Gasteiger charge is -2.11. The van der Waals surface area contributed by atoms with Crippen molar-refractivity contribution in [3.8, 4) is 0 Å². The van der Waals surface area contributed by atoms with Crippen LogP contribution >= 0.6 is 24.0 Å². The predicted molar refractivity (Wildman–Crippen MR) is 104 cm³/mol. The van der Waals surface area contributed by atoms with Crippen LogP contribution in [-0.2, 0) is 16.1 Å². The maximum atomic E-state index is 11.6. The molecule has 0 heterocycles. The standard InChI is InChI=1S/C16H26N4O2.HI/c1-4-17-16(20-12-15(21)18-9-10-22-3)19-11-14-7-5-13(2)6-8-14;/h5-8H,4,9-12H2,1-3H3,(H,18,21)(H2,17,19,20);1H. The van der Waals surface area contributed by atoms with Gasteiger partial charge in [-0.25, -0.2) is 4.99 Å². The molecule has 3 N–H and O–H groups in total. The molecule has 0 aliphatic heterocycles. The number of benzene rings is 1. The summed E-state index contributed by atoms with van der Waals surface area (Å²) in [6.45, 7) is 6.55. The summed E-state index contributed by atoms with van der Waals surface area (Å²) in [5, 5.41) is 8.89. The van der Waals surface area contributed by atoms with Crippen molar-refractivity contribution >= 4 is 35.8 Å². The highest BCUT2D eigenvalue weighted by atomic mass is 127. The zero-order valence-corrected chi connectivity index (χ0v) is 16.3. The van der Waals surface area contributed by atoms with Crippen molar-refractivity contribution < 1.29 is 9.53 Å². The number of nitrogens with one attached hydrogen (secondary N) is 3. The van der Waals surface area contributed by atoms with Crippen LogP contribution in [0, 0.1) is 6.92 Å². The number of carbonyl (C=O) groups excluding carboxylic acids is 1. The third kappa shape index (κ3) is 10.1. The van der Waals surface area contributed by atoms with E-state index in [2.05, 4.69) is 52.1 Å². The highest BCUT2D eigenvalue weighted by molar-refractivity contribution is 14.0. The van der Waals surface area contributed by atoms with E-state index in [0.717, 1.165) is 12.1 Å². The van der Waals surface area contributed by atoms with E-state index in [-0.39, 0.29) is 36.4 Å². The largest absolute Gasteiger partial charge is 0.383 e. The molecule has 0 saturated heterocycles. The number of aliphatic imine (C=N–C) groups is 1. The molecule has 0 saturated carbocycles. The lowest BCUT2D eigenvalue weighted by Crippen LogP contribution is -2.43. The molecule has 7 heteroatoms. The number of halogens is 1. The topological polar surface area (TPSA) is 74.8 Å². The van der Waals surface area contributed by atoms with Gasteiger partial charge < -0.3 is 20.7 Å². The Hall–Kier alpha value is -1.35. The smallest absolute Gasteiger partial charge is 0.239 e. The number of amides is 1. The fraction of sp³-hybridized carbons (Fsp3) is 0.500. The van der Waals surface area contributed by atoms with Gasteiger partial charge in [-0.15, -0.1) is 24.0 Å². The molecule has 23 heavy (non-hydrogen) atoms. The molecule has 0 atom stereocenters. The van der Waals surface area contributed by atoms with Gasteiger partial charge in [-0.2, -0.15) is 0 Å². The van der Waals surface area contributed by atoms with Crippen molar-refractivity contribution in [2.45, 2.75) is 20.4 Å². The Morgan fingerprint density at radius 2 is 1.87 bits per heavy atom. The molecule has 0 spiro atoms. The minimum atomic E-state index is -0.0852. The van der Waals surface area contributed by atoms with Gasteiger partial charge in [0.05, 0.1) is 19.7 Å². The second-order valence-corrected chi connectivity index (χ2v) is 4.88. The summed E-state index contributed by atoms with van der Waals surface area (Å²) < 4.78 is 4.88. The van der Waals surface area contributed by atoms with E-state index in [9.17, 15) is 4.79 Å². The molecular weight excluding hydrogens is 407 g/mol. The van der Waals surface area contributed by atoms with E-state index in [4.69, 9.17) is 4.74 Å². The normalized spacial score (nSPS) is 10.7. The molecule has 0 aliphatic carbocycles. The maximum Gasteiger partial charge on any atom is 0.239 e. The number of guanidine groups is 1. The van der Waals surface area contributed by atoms with Crippen LogP contribution in [0.4, 0.5) is 0 Å². The number of hydrogen-bond acceptors (Lipinski definition) is 3. The minimum Gasteiger partial charge on any atom is -0.383 e. The number of aryl methyl sites for hydroxylation is 1. The fourth-order valence-corrected chi connectivity index (χ4v) is 1.72. The van der Waals surface area contributed by atoms with Crippen LogP contribution in [0.5, 0.6) is 0 Å². The molecule has 0 aromatic heterocycles. The Labute approximate surface area is 155 Å². The van der Waals surface area contributed by atoms with Gasteiger partial charge >= 0.3 is 0 Å². The van der Waals surface area contributed by atoms with Crippen LogP contribution < -0.4 is 16.0 Å². The third-order valence-corrected chi connectivity index (χ3v) is 2.93. The van der Waals surface area contributed by atoms with Gasteiger partial charge in [0.2, 0.25) is 5.91 Å². The van der Waals surface area contributed by atoms with Crippen LogP contribution in [-0.4, -0.2) is 45.2 Å². The van der Waals surface area contributed by atoms with Crippen LogP contribution in [0.15, 0.2) is 29.3 Å². The molecule has 0 radical (unpaired) electrons. The van der Waals surface area contributed by atoms with Gasteiger partial charge in [-0.1, -0.05) is 29.8 Å². The van der Waals surface area contributed by atoms with E-state index in [1.54, 1.807) is 7.11 Å². The number of methoxy groups -OCH3 is 1. The Balaban J connectivity index is 0.00000484. The summed E-state index contributed by atoms with van der Waals surface area (Å²) in [6.07, 6.45) is 0. The quantitative estimate of drug-likeness (QED) is 0.251. The first-order valence-electron chi connectivity index (χ1n) is 7.49. The van der Waals surface area contributed by atoms with Gasteiger partial charge in [0.1, 0.15) is 0 Å². The minimum absolute atomic E-state index is 0. The first-order valence-corrected chi connectivity index (χ1v) is 7.49. The van der Waals surface area contributed by atoms with Crippen molar-refractivity contribution in [3.63, 3.8) is 0 Å². The molecular formula is C16H27IN4O2. The van der Waals surface area contributed by atoms with Crippen LogP contribution in [0.1, 0.15) is 18.1 Å². The van der Waals surface area contributed by atoms with Crippen molar-refractivity contribution in [1.29, 1.82) is 0 Å². The summed E-state index contributed by atoms with van der Waals surface area (Å²) in [5.41, 5.74) is 2.36. The number of nitrogens with zero attached hydrogens (tertiary/aromatic N) is 1. The van der Waals surface area contributed by atoms with Gasteiger partial charge in [-0.3, -0.25) is 4.79 Å². The first-order chi connectivity index (χ1) is 10.7. The van der Waals surface area contributed by atoms with Gasteiger partial charge in [0.15, 0.2) is 5.96 Å². The summed E-state index contributed by atoms with van der Waals surface area (Å²) in [4.78, 5) is 16.1. The molecule has 0 unspecified atom stereocenters. The number of hydrogen-bond donors (Lipinski definition) is 3. The Kier molecular flexibility index (Phi) is 12.4. The van der Waals surface area contributed by atoms with E-state index in [1.165, 1.54) is 5.56 Å². The second kappa shape index (κ2) is 13.1. The van der Waals surface area contributed by atoms with Crippen LogP contribution in [0.2, 0.25) is 0 Å². The molecule has 6 nitrogen and oxygen atoms in total. The summed E-state index contributed by atoms with van der Waals surface area (Å²) in [6, 6.07) is 8.24. The lowest BCUT2D eigenvalue weighted by atomic mass is 10.1. The fourth-order valence-electron chi connectivity index (χ4n) is 1.72. The van der Waals surface area contributed by atoms with Crippen molar-refractivity contribution in [1.82, 2.24) is 16.0 Å². The third-order valence-electron chi connectivity index (χ3n) is 2.93. The molecule has 0 bridgehead atoms.